The second-order valence-electron chi connectivity index (χ2n) is 8.47. The van der Waals surface area contributed by atoms with Crippen molar-refractivity contribution in [3.8, 4) is 0 Å². The molecule has 1 aliphatic carbocycles. The molecule has 2 saturated heterocycles. The van der Waals surface area contributed by atoms with E-state index in [0.717, 1.165) is 55.3 Å². The normalized spacial score (nSPS) is 26.7. The summed E-state index contributed by atoms with van der Waals surface area (Å²) in [5.74, 6) is 0.0626. The van der Waals surface area contributed by atoms with Crippen molar-refractivity contribution in [2.24, 2.45) is 0 Å². The van der Waals surface area contributed by atoms with E-state index in [2.05, 4.69) is 22.3 Å². The van der Waals surface area contributed by atoms with Gasteiger partial charge in [0, 0.05) is 17.0 Å². The number of sulfone groups is 1. The van der Waals surface area contributed by atoms with Gasteiger partial charge in [-0.2, -0.15) is 0 Å². The van der Waals surface area contributed by atoms with Gasteiger partial charge < -0.3 is 9.73 Å². The number of likely N-dealkylation sites (tertiary alicyclic amines) is 1. The second kappa shape index (κ2) is 6.88. The number of amides is 1. The first-order valence-electron chi connectivity index (χ1n) is 10.2. The number of carbonyl (C=O) groups is 1. The molecule has 0 saturated carbocycles. The van der Waals surface area contributed by atoms with Gasteiger partial charge in [-0.1, -0.05) is 0 Å². The van der Waals surface area contributed by atoms with Crippen LogP contribution >= 0.6 is 0 Å². The summed E-state index contributed by atoms with van der Waals surface area (Å²) in [5, 5.41) is 4.02. The molecule has 2 fully saturated rings. The average Bonchev–Trinajstić information content (AvgIpc) is 3.40. The molecule has 3 aliphatic rings. The Labute approximate surface area is 165 Å². The molecule has 1 aromatic heterocycles. The summed E-state index contributed by atoms with van der Waals surface area (Å²) in [6.07, 6.45) is 7.43. The summed E-state index contributed by atoms with van der Waals surface area (Å²) in [6, 6.07) is 3.85. The number of nitrogens with one attached hydrogen (secondary N) is 1. The Morgan fingerprint density at radius 2 is 1.86 bits per heavy atom. The molecule has 0 radical (unpaired) electrons. The SMILES string of the molecule is O=C(Cc1coc2cc3c(cc12)CCC3)NC1CS(=O)(=O)CC1N1CCCC1. The topological polar surface area (TPSA) is 79.6 Å². The first-order valence-corrected chi connectivity index (χ1v) is 12.1. The lowest BCUT2D eigenvalue weighted by atomic mass is 10.0. The number of benzene rings is 1. The van der Waals surface area contributed by atoms with Crippen LogP contribution in [0, 0.1) is 0 Å². The highest BCUT2D eigenvalue weighted by atomic mass is 32.2. The minimum atomic E-state index is -3.11. The molecule has 2 aromatic rings. The summed E-state index contributed by atoms with van der Waals surface area (Å²) in [4.78, 5) is 15.0. The van der Waals surface area contributed by atoms with Crippen LogP contribution in [-0.4, -0.2) is 55.9 Å². The van der Waals surface area contributed by atoms with E-state index in [4.69, 9.17) is 4.42 Å². The Morgan fingerprint density at radius 1 is 1.11 bits per heavy atom. The smallest absolute Gasteiger partial charge is 0.224 e. The lowest BCUT2D eigenvalue weighted by molar-refractivity contribution is -0.121. The highest BCUT2D eigenvalue weighted by Gasteiger charge is 2.42. The van der Waals surface area contributed by atoms with E-state index in [9.17, 15) is 13.2 Å². The molecule has 5 rings (SSSR count). The predicted molar refractivity (Wildman–Crippen MR) is 107 cm³/mol. The van der Waals surface area contributed by atoms with Crippen LogP contribution in [0.4, 0.5) is 0 Å². The summed E-state index contributed by atoms with van der Waals surface area (Å²) >= 11 is 0. The van der Waals surface area contributed by atoms with Gasteiger partial charge in [0.1, 0.15) is 5.58 Å². The van der Waals surface area contributed by atoms with Crippen LogP contribution in [-0.2, 0) is 33.9 Å². The van der Waals surface area contributed by atoms with Gasteiger partial charge in [-0.25, -0.2) is 8.42 Å². The molecule has 1 amide bonds. The first kappa shape index (κ1) is 18.2. The van der Waals surface area contributed by atoms with Crippen molar-refractivity contribution in [3.63, 3.8) is 0 Å². The fourth-order valence-corrected chi connectivity index (χ4v) is 7.07. The minimum absolute atomic E-state index is 0.0412. The number of nitrogens with zero attached hydrogens (tertiary/aromatic N) is 1. The maximum Gasteiger partial charge on any atom is 0.224 e. The number of aryl methyl sites for hydroxylation is 2. The Bertz CT molecular complexity index is 1020. The Morgan fingerprint density at radius 3 is 2.64 bits per heavy atom. The maximum atomic E-state index is 12.7. The van der Waals surface area contributed by atoms with Crippen LogP contribution in [0.2, 0.25) is 0 Å². The number of hydrogen-bond acceptors (Lipinski definition) is 5. The van der Waals surface area contributed by atoms with Crippen molar-refractivity contribution in [3.05, 3.63) is 35.1 Å². The molecule has 3 heterocycles. The third-order valence-corrected chi connectivity index (χ3v) is 8.21. The molecule has 0 bridgehead atoms. The van der Waals surface area contributed by atoms with Gasteiger partial charge >= 0.3 is 0 Å². The van der Waals surface area contributed by atoms with Crippen LogP contribution in [0.3, 0.4) is 0 Å². The molecule has 1 aromatic carbocycles. The van der Waals surface area contributed by atoms with Gasteiger partial charge in [0.05, 0.1) is 30.2 Å². The van der Waals surface area contributed by atoms with E-state index in [0.29, 0.717) is 0 Å². The molecule has 150 valence electrons. The lowest BCUT2D eigenvalue weighted by Gasteiger charge is -2.28. The molecule has 0 spiro atoms. The number of carbonyl (C=O) groups excluding carboxylic acids is 1. The molecular formula is C21H26N2O4S. The number of rotatable bonds is 4. The van der Waals surface area contributed by atoms with Crippen molar-refractivity contribution in [2.75, 3.05) is 24.6 Å². The molecular weight excluding hydrogens is 376 g/mol. The van der Waals surface area contributed by atoms with Crippen LogP contribution in [0.5, 0.6) is 0 Å². The van der Waals surface area contributed by atoms with Crippen LogP contribution in [0.15, 0.2) is 22.8 Å². The van der Waals surface area contributed by atoms with E-state index in [1.807, 2.05) is 0 Å². The monoisotopic (exact) mass is 402 g/mol. The quantitative estimate of drug-likeness (QED) is 0.844. The van der Waals surface area contributed by atoms with Crippen molar-refractivity contribution in [1.29, 1.82) is 0 Å². The Balaban J connectivity index is 1.32. The van der Waals surface area contributed by atoms with Crippen LogP contribution in [0.1, 0.15) is 36.0 Å². The Hall–Kier alpha value is -1.86. The van der Waals surface area contributed by atoms with Crippen molar-refractivity contribution in [2.45, 2.75) is 50.6 Å². The van der Waals surface area contributed by atoms with E-state index in [1.54, 1.807) is 6.26 Å². The zero-order valence-electron chi connectivity index (χ0n) is 15.9. The van der Waals surface area contributed by atoms with Crippen molar-refractivity contribution in [1.82, 2.24) is 10.2 Å². The minimum Gasteiger partial charge on any atom is -0.464 e. The third kappa shape index (κ3) is 3.35. The van der Waals surface area contributed by atoms with Crippen LogP contribution < -0.4 is 5.32 Å². The highest BCUT2D eigenvalue weighted by Crippen LogP contribution is 2.30. The number of furan rings is 1. The fraction of sp³-hybridized carbons (Fsp3) is 0.571. The van der Waals surface area contributed by atoms with Crippen molar-refractivity contribution >= 4 is 26.7 Å². The molecule has 7 heteroatoms. The summed E-state index contributed by atoms with van der Waals surface area (Å²) in [7, 11) is -3.11. The van der Waals surface area contributed by atoms with E-state index >= 15 is 0 Å². The second-order valence-corrected chi connectivity index (χ2v) is 10.6. The summed E-state index contributed by atoms with van der Waals surface area (Å²) in [6.45, 7) is 1.84. The Kier molecular flexibility index (Phi) is 4.47. The summed E-state index contributed by atoms with van der Waals surface area (Å²) < 4.78 is 30.1. The fourth-order valence-electron chi connectivity index (χ4n) is 5.12. The van der Waals surface area contributed by atoms with E-state index in [-0.39, 0.29) is 35.9 Å². The van der Waals surface area contributed by atoms with Gasteiger partial charge in [-0.05, 0) is 68.5 Å². The highest BCUT2D eigenvalue weighted by molar-refractivity contribution is 7.91. The first-order chi connectivity index (χ1) is 13.5. The van der Waals surface area contributed by atoms with Gasteiger partial charge in [0.25, 0.3) is 0 Å². The zero-order valence-corrected chi connectivity index (χ0v) is 16.8. The zero-order chi connectivity index (χ0) is 19.3. The van der Waals surface area contributed by atoms with Gasteiger partial charge in [-0.15, -0.1) is 0 Å². The van der Waals surface area contributed by atoms with E-state index < -0.39 is 9.84 Å². The largest absolute Gasteiger partial charge is 0.464 e. The van der Waals surface area contributed by atoms with Gasteiger partial charge in [0.15, 0.2) is 9.84 Å². The lowest BCUT2D eigenvalue weighted by Crippen LogP contribution is -2.50. The van der Waals surface area contributed by atoms with Crippen molar-refractivity contribution < 1.29 is 17.6 Å². The average molecular weight is 403 g/mol. The standard InChI is InChI=1S/C21H26N2O4S/c24-21(22-18-12-28(25,26)13-19(18)23-6-1-2-7-23)10-16-11-27-20-9-15-5-3-4-14(15)8-17(16)20/h8-9,11,18-19H,1-7,10,12-13H2,(H,22,24). The number of fused-ring (bicyclic) bond motifs is 2. The molecule has 2 unspecified atom stereocenters. The molecule has 2 atom stereocenters. The van der Waals surface area contributed by atoms with Crippen LogP contribution in [0.25, 0.3) is 11.0 Å². The van der Waals surface area contributed by atoms with Gasteiger partial charge in [0.2, 0.25) is 5.91 Å². The number of hydrogen-bond donors (Lipinski definition) is 1. The summed E-state index contributed by atoms with van der Waals surface area (Å²) in [5.41, 5.74) is 4.41. The van der Waals surface area contributed by atoms with E-state index in [1.165, 1.54) is 17.5 Å². The van der Waals surface area contributed by atoms with Gasteiger partial charge in [-0.3, -0.25) is 9.69 Å². The molecule has 1 N–H and O–H groups in total. The predicted octanol–water partition coefficient (Wildman–Crippen LogP) is 1.84. The third-order valence-electron chi connectivity index (χ3n) is 6.50. The molecule has 2 aliphatic heterocycles. The molecule has 6 nitrogen and oxygen atoms in total. The molecule has 28 heavy (non-hydrogen) atoms. The maximum absolute atomic E-state index is 12.7.